The smallest absolute Gasteiger partial charge is 0.179 e. The fourth-order valence-electron chi connectivity index (χ4n) is 2.36. The van der Waals surface area contributed by atoms with Crippen LogP contribution in [0.3, 0.4) is 0 Å². The Bertz CT molecular complexity index is 692. The van der Waals surface area contributed by atoms with Crippen LogP contribution in [0.4, 0.5) is 0 Å². The summed E-state index contributed by atoms with van der Waals surface area (Å²) in [6.45, 7) is 3.94. The van der Waals surface area contributed by atoms with E-state index in [9.17, 15) is 0 Å². The van der Waals surface area contributed by atoms with E-state index < -0.39 is 0 Å². The maximum atomic E-state index is 6.25. The van der Waals surface area contributed by atoms with Gasteiger partial charge < -0.3 is 14.8 Å². The minimum absolute atomic E-state index is 0.543. The molecule has 2 aromatic rings. The minimum atomic E-state index is 0.543. The average molecular weight is 389 g/mol. The lowest BCUT2D eigenvalue weighted by atomic mass is 10.1. The number of rotatable bonds is 8. The van der Waals surface area contributed by atoms with Crippen LogP contribution in [0.1, 0.15) is 18.1 Å². The van der Waals surface area contributed by atoms with Gasteiger partial charge in [-0.25, -0.2) is 0 Å². The lowest BCUT2D eigenvalue weighted by molar-refractivity contribution is 0.310. The van der Waals surface area contributed by atoms with Gasteiger partial charge in [-0.15, -0.1) is 0 Å². The van der Waals surface area contributed by atoms with E-state index in [0.29, 0.717) is 39.7 Å². The van der Waals surface area contributed by atoms with Crippen molar-refractivity contribution in [1.29, 1.82) is 0 Å². The molecule has 2 rings (SSSR count). The number of halogens is 3. The Labute approximate surface area is 157 Å². The Balaban J connectivity index is 1.94. The van der Waals surface area contributed by atoms with Gasteiger partial charge in [-0.05, 0) is 55.3 Å². The molecule has 0 radical (unpaired) electrons. The third kappa shape index (κ3) is 5.18. The van der Waals surface area contributed by atoms with E-state index in [1.807, 2.05) is 31.2 Å². The second-order valence-corrected chi connectivity index (χ2v) is 6.46. The van der Waals surface area contributed by atoms with Crippen LogP contribution in [-0.4, -0.2) is 20.3 Å². The number of methoxy groups -OCH3 is 1. The molecule has 0 bridgehead atoms. The molecule has 6 heteroatoms. The third-order valence-corrected chi connectivity index (χ3v) is 4.36. The highest BCUT2D eigenvalue weighted by Crippen LogP contribution is 2.36. The third-order valence-electron chi connectivity index (χ3n) is 3.49. The zero-order valence-corrected chi connectivity index (χ0v) is 15.9. The van der Waals surface area contributed by atoms with Gasteiger partial charge in [-0.1, -0.05) is 40.9 Å². The summed E-state index contributed by atoms with van der Waals surface area (Å²) in [6.07, 6.45) is 0.818. The summed E-state index contributed by atoms with van der Waals surface area (Å²) < 4.78 is 10.9. The van der Waals surface area contributed by atoms with Crippen molar-refractivity contribution >= 4 is 34.8 Å². The number of hydrogen-bond acceptors (Lipinski definition) is 3. The van der Waals surface area contributed by atoms with Gasteiger partial charge in [0.2, 0.25) is 0 Å². The lowest BCUT2D eigenvalue weighted by Gasteiger charge is -2.13. The molecule has 0 aliphatic heterocycles. The largest absolute Gasteiger partial charge is 0.491 e. The first-order valence-electron chi connectivity index (χ1n) is 7.69. The highest BCUT2D eigenvalue weighted by Gasteiger charge is 2.11. The molecule has 0 unspecified atom stereocenters. The Kier molecular flexibility index (Phi) is 7.50. The van der Waals surface area contributed by atoms with Crippen LogP contribution >= 0.6 is 34.8 Å². The first kappa shape index (κ1) is 19.2. The predicted molar refractivity (Wildman–Crippen MR) is 101 cm³/mol. The van der Waals surface area contributed by atoms with Crippen molar-refractivity contribution in [3.05, 3.63) is 56.5 Å². The molecule has 0 aliphatic rings. The molecular weight excluding hydrogens is 369 g/mol. The van der Waals surface area contributed by atoms with Gasteiger partial charge in [0.15, 0.2) is 11.5 Å². The van der Waals surface area contributed by atoms with Crippen LogP contribution in [-0.2, 0) is 13.0 Å². The van der Waals surface area contributed by atoms with Gasteiger partial charge in [-0.3, -0.25) is 0 Å². The molecule has 0 aromatic heterocycles. The number of hydrogen-bond donors (Lipinski definition) is 1. The summed E-state index contributed by atoms with van der Waals surface area (Å²) in [7, 11) is 1.58. The maximum absolute atomic E-state index is 6.25. The molecule has 3 nitrogen and oxygen atoms in total. The van der Waals surface area contributed by atoms with Crippen molar-refractivity contribution in [2.45, 2.75) is 19.9 Å². The summed E-state index contributed by atoms with van der Waals surface area (Å²) >= 11 is 18.3. The molecule has 130 valence electrons. The van der Waals surface area contributed by atoms with Crippen molar-refractivity contribution < 1.29 is 9.47 Å². The Morgan fingerprint density at radius 3 is 2.50 bits per heavy atom. The van der Waals surface area contributed by atoms with Crippen molar-refractivity contribution in [2.24, 2.45) is 0 Å². The summed E-state index contributed by atoms with van der Waals surface area (Å²) in [5.74, 6) is 1.22. The monoisotopic (exact) mass is 387 g/mol. The number of benzene rings is 2. The van der Waals surface area contributed by atoms with Crippen LogP contribution in [0, 0.1) is 0 Å². The van der Waals surface area contributed by atoms with E-state index in [1.165, 1.54) is 0 Å². The molecule has 0 amide bonds. The normalized spacial score (nSPS) is 10.7. The molecule has 24 heavy (non-hydrogen) atoms. The highest BCUT2D eigenvalue weighted by atomic mass is 35.5. The Morgan fingerprint density at radius 2 is 1.83 bits per heavy atom. The molecule has 0 atom stereocenters. The Hall–Kier alpha value is -1.13. The lowest BCUT2D eigenvalue weighted by Crippen LogP contribution is -2.17. The highest BCUT2D eigenvalue weighted by molar-refractivity contribution is 6.35. The van der Waals surface area contributed by atoms with Crippen molar-refractivity contribution in [3.8, 4) is 11.5 Å². The van der Waals surface area contributed by atoms with E-state index in [2.05, 4.69) is 5.32 Å². The number of nitrogens with one attached hydrogen (secondary N) is 1. The van der Waals surface area contributed by atoms with E-state index in [1.54, 1.807) is 13.2 Å². The fourth-order valence-corrected chi connectivity index (χ4v) is 3.18. The Morgan fingerprint density at radius 1 is 1.04 bits per heavy atom. The van der Waals surface area contributed by atoms with Crippen LogP contribution in [0.25, 0.3) is 0 Å². The topological polar surface area (TPSA) is 30.5 Å². The van der Waals surface area contributed by atoms with E-state index >= 15 is 0 Å². The molecule has 0 fully saturated rings. The zero-order valence-electron chi connectivity index (χ0n) is 13.7. The average Bonchev–Trinajstić information content (AvgIpc) is 2.53. The summed E-state index contributed by atoms with van der Waals surface area (Å²) in [4.78, 5) is 0. The first-order chi connectivity index (χ1) is 11.5. The van der Waals surface area contributed by atoms with Gasteiger partial charge in [0.1, 0.15) is 0 Å². The van der Waals surface area contributed by atoms with Crippen LogP contribution in [0.2, 0.25) is 15.1 Å². The van der Waals surface area contributed by atoms with Crippen LogP contribution in [0.5, 0.6) is 11.5 Å². The fraction of sp³-hybridized carbons (Fsp3) is 0.333. The van der Waals surface area contributed by atoms with Crippen molar-refractivity contribution in [2.75, 3.05) is 20.3 Å². The summed E-state index contributed by atoms with van der Waals surface area (Å²) in [5, 5.41) is 5.26. The molecule has 0 saturated carbocycles. The maximum Gasteiger partial charge on any atom is 0.179 e. The molecule has 0 aliphatic carbocycles. The molecule has 0 heterocycles. The predicted octanol–water partition coefficient (Wildman–Crippen LogP) is 5.39. The molecule has 1 N–H and O–H groups in total. The van der Waals surface area contributed by atoms with Gasteiger partial charge in [0.05, 0.1) is 18.7 Å². The van der Waals surface area contributed by atoms with E-state index in [-0.39, 0.29) is 0 Å². The standard InChI is InChI=1S/C18H20Cl3NO2/c1-3-24-17-9-12(8-16(21)18(17)23-2)11-22-7-6-13-4-5-14(19)10-15(13)20/h4-5,8-10,22H,3,6-7,11H2,1-2H3. The quantitative estimate of drug-likeness (QED) is 0.615. The van der Waals surface area contributed by atoms with Gasteiger partial charge in [-0.2, -0.15) is 0 Å². The second-order valence-electron chi connectivity index (χ2n) is 5.20. The second kappa shape index (κ2) is 9.38. The van der Waals surface area contributed by atoms with Crippen LogP contribution < -0.4 is 14.8 Å². The van der Waals surface area contributed by atoms with Crippen LogP contribution in [0.15, 0.2) is 30.3 Å². The van der Waals surface area contributed by atoms with E-state index in [4.69, 9.17) is 44.3 Å². The SMILES string of the molecule is CCOc1cc(CNCCc2ccc(Cl)cc2Cl)cc(Cl)c1OC. The zero-order chi connectivity index (χ0) is 17.5. The molecule has 2 aromatic carbocycles. The van der Waals surface area contributed by atoms with Crippen molar-refractivity contribution in [3.63, 3.8) is 0 Å². The number of ether oxygens (including phenoxy) is 2. The summed E-state index contributed by atoms with van der Waals surface area (Å²) in [6, 6.07) is 9.38. The molecule has 0 spiro atoms. The van der Waals surface area contributed by atoms with Crippen molar-refractivity contribution in [1.82, 2.24) is 5.32 Å². The first-order valence-corrected chi connectivity index (χ1v) is 8.82. The van der Waals surface area contributed by atoms with E-state index in [0.717, 1.165) is 24.1 Å². The molecular formula is C18H20Cl3NO2. The van der Waals surface area contributed by atoms with Gasteiger partial charge >= 0.3 is 0 Å². The molecule has 0 saturated heterocycles. The minimum Gasteiger partial charge on any atom is -0.491 e. The van der Waals surface area contributed by atoms with Gasteiger partial charge in [0.25, 0.3) is 0 Å². The van der Waals surface area contributed by atoms with Gasteiger partial charge in [0, 0.05) is 16.6 Å². The summed E-state index contributed by atoms with van der Waals surface area (Å²) in [5.41, 5.74) is 2.10.